The lowest BCUT2D eigenvalue weighted by molar-refractivity contribution is 0.0974. The third-order valence-corrected chi connectivity index (χ3v) is 7.60. The van der Waals surface area contributed by atoms with Gasteiger partial charge in [-0.05, 0) is 55.8 Å². The molecule has 2 amide bonds. The Morgan fingerprint density at radius 2 is 1.86 bits per heavy atom. The lowest BCUT2D eigenvalue weighted by Gasteiger charge is -2.53. The molecule has 2 aromatic heterocycles. The van der Waals surface area contributed by atoms with E-state index in [0.29, 0.717) is 40.6 Å². The second-order valence-corrected chi connectivity index (χ2v) is 9.85. The average molecular weight is 504 g/mol. The van der Waals surface area contributed by atoms with Crippen LogP contribution in [0.3, 0.4) is 0 Å². The smallest absolute Gasteiger partial charge is 0.291 e. The minimum Gasteiger partial charge on any atom is -0.493 e. The number of pyridine rings is 1. The van der Waals surface area contributed by atoms with Crippen molar-refractivity contribution in [2.24, 2.45) is 5.41 Å². The molecular formula is C27H29N5O5. The van der Waals surface area contributed by atoms with Crippen molar-refractivity contribution in [2.75, 3.05) is 55.5 Å². The topological polar surface area (TPSA) is 109 Å². The number of piperidine rings is 1. The molecule has 192 valence electrons. The van der Waals surface area contributed by atoms with Crippen molar-refractivity contribution in [3.63, 3.8) is 0 Å². The van der Waals surface area contributed by atoms with E-state index in [0.717, 1.165) is 37.4 Å². The molecular weight excluding hydrogens is 474 g/mol. The van der Waals surface area contributed by atoms with Gasteiger partial charge in [-0.25, -0.2) is 0 Å². The van der Waals surface area contributed by atoms with Crippen molar-refractivity contribution in [3.05, 3.63) is 59.6 Å². The maximum atomic E-state index is 13.1. The summed E-state index contributed by atoms with van der Waals surface area (Å²) in [5.41, 5.74) is 3.26. The molecule has 1 spiro atoms. The highest BCUT2D eigenvalue weighted by Crippen LogP contribution is 2.43. The number of carbonyl (C=O) groups is 2. The highest BCUT2D eigenvalue weighted by atomic mass is 16.5. The summed E-state index contributed by atoms with van der Waals surface area (Å²) in [5.74, 6) is 0.822. The molecule has 0 radical (unpaired) electrons. The quantitative estimate of drug-likeness (QED) is 0.528. The number of anilines is 3. The van der Waals surface area contributed by atoms with E-state index in [-0.39, 0.29) is 11.7 Å². The normalized spacial score (nSPS) is 17.9. The third-order valence-electron chi connectivity index (χ3n) is 7.60. The SMILES string of the molecule is COc1cc2c(cc1OC)C(=O)N(c1ccc(C(=O)Nc3cnccc3N3CC4(CCNCC4)C3)o1)C2. The number of fused-ring (bicyclic) bond motifs is 1. The van der Waals surface area contributed by atoms with E-state index in [1.807, 2.05) is 6.07 Å². The predicted molar refractivity (Wildman–Crippen MR) is 138 cm³/mol. The van der Waals surface area contributed by atoms with E-state index in [1.54, 1.807) is 43.8 Å². The molecule has 6 rings (SSSR count). The summed E-state index contributed by atoms with van der Waals surface area (Å²) in [6, 6.07) is 8.59. The van der Waals surface area contributed by atoms with E-state index < -0.39 is 5.91 Å². The number of rotatable bonds is 6. The molecule has 0 aliphatic carbocycles. The van der Waals surface area contributed by atoms with Crippen LogP contribution in [0.25, 0.3) is 0 Å². The van der Waals surface area contributed by atoms with Gasteiger partial charge >= 0.3 is 0 Å². The molecule has 0 saturated carbocycles. The van der Waals surface area contributed by atoms with Crippen LogP contribution in [-0.2, 0) is 6.54 Å². The van der Waals surface area contributed by atoms with Crippen LogP contribution in [0.1, 0.15) is 39.3 Å². The summed E-state index contributed by atoms with van der Waals surface area (Å²) >= 11 is 0. The maximum absolute atomic E-state index is 13.1. The molecule has 10 nitrogen and oxygen atoms in total. The first-order valence-corrected chi connectivity index (χ1v) is 12.4. The molecule has 2 fully saturated rings. The Balaban J connectivity index is 1.16. The number of benzene rings is 1. The van der Waals surface area contributed by atoms with Gasteiger partial charge in [0.25, 0.3) is 11.8 Å². The standard InChI is InChI=1S/C27H29N5O5/c1-35-22-11-17-14-32(26(34)18(17)12-23(22)36-2)24-4-3-21(37-24)25(33)30-19-13-29-8-5-20(19)31-15-27(16-31)6-9-28-10-7-27/h3-5,8,11-13,28H,6-7,9-10,14-16H2,1-2H3,(H,30,33). The van der Waals surface area contributed by atoms with E-state index in [1.165, 1.54) is 24.9 Å². The van der Waals surface area contributed by atoms with Gasteiger partial charge in [0.15, 0.2) is 17.3 Å². The van der Waals surface area contributed by atoms with Gasteiger partial charge in [-0.3, -0.25) is 19.5 Å². The maximum Gasteiger partial charge on any atom is 0.291 e. The number of amides is 2. The zero-order chi connectivity index (χ0) is 25.6. The Morgan fingerprint density at radius 1 is 1.11 bits per heavy atom. The van der Waals surface area contributed by atoms with Gasteiger partial charge in [0.05, 0.1) is 38.3 Å². The predicted octanol–water partition coefficient (Wildman–Crippen LogP) is 3.29. The number of ether oxygens (including phenoxy) is 2. The van der Waals surface area contributed by atoms with Crippen molar-refractivity contribution in [1.29, 1.82) is 0 Å². The molecule has 1 aromatic carbocycles. The summed E-state index contributed by atoms with van der Waals surface area (Å²) in [4.78, 5) is 34.2. The molecule has 3 aromatic rings. The van der Waals surface area contributed by atoms with Crippen molar-refractivity contribution in [1.82, 2.24) is 10.3 Å². The van der Waals surface area contributed by atoms with Gasteiger partial charge in [-0.1, -0.05) is 0 Å². The number of methoxy groups -OCH3 is 2. The Morgan fingerprint density at radius 3 is 2.62 bits per heavy atom. The number of nitrogens with zero attached hydrogens (tertiary/aromatic N) is 3. The Hall–Kier alpha value is -4.05. The van der Waals surface area contributed by atoms with Crippen LogP contribution < -0.4 is 29.9 Å². The molecule has 3 aliphatic heterocycles. The Bertz CT molecular complexity index is 1350. The first kappa shape index (κ1) is 23.4. The minimum absolute atomic E-state index is 0.113. The molecule has 2 N–H and O–H groups in total. The van der Waals surface area contributed by atoms with Crippen LogP contribution in [0.5, 0.6) is 11.5 Å². The number of hydrogen-bond donors (Lipinski definition) is 2. The Kier molecular flexibility index (Phi) is 5.75. The first-order chi connectivity index (χ1) is 18.0. The van der Waals surface area contributed by atoms with Crippen molar-refractivity contribution < 1.29 is 23.5 Å². The van der Waals surface area contributed by atoms with Gasteiger partial charge in [0.2, 0.25) is 5.88 Å². The number of furan rings is 1. The summed E-state index contributed by atoms with van der Waals surface area (Å²) < 4.78 is 16.5. The molecule has 3 aliphatic rings. The highest BCUT2D eigenvalue weighted by Gasteiger charge is 2.44. The monoisotopic (exact) mass is 503 g/mol. The summed E-state index contributed by atoms with van der Waals surface area (Å²) in [5, 5.41) is 6.37. The summed E-state index contributed by atoms with van der Waals surface area (Å²) in [6.45, 7) is 4.36. The highest BCUT2D eigenvalue weighted by molar-refractivity contribution is 6.10. The van der Waals surface area contributed by atoms with E-state index in [2.05, 4.69) is 20.5 Å². The largest absolute Gasteiger partial charge is 0.493 e. The molecule has 37 heavy (non-hydrogen) atoms. The van der Waals surface area contributed by atoms with Gasteiger partial charge in [-0.15, -0.1) is 0 Å². The van der Waals surface area contributed by atoms with Crippen LogP contribution in [0.2, 0.25) is 0 Å². The lowest BCUT2D eigenvalue weighted by Crippen LogP contribution is -2.60. The van der Waals surface area contributed by atoms with Gasteiger partial charge in [-0.2, -0.15) is 0 Å². The summed E-state index contributed by atoms with van der Waals surface area (Å²) in [6.07, 6.45) is 5.74. The first-order valence-electron chi connectivity index (χ1n) is 12.4. The lowest BCUT2D eigenvalue weighted by atomic mass is 9.72. The van der Waals surface area contributed by atoms with Gasteiger partial charge in [0, 0.05) is 36.3 Å². The van der Waals surface area contributed by atoms with Crippen LogP contribution in [0, 0.1) is 5.41 Å². The minimum atomic E-state index is -0.398. The van der Waals surface area contributed by atoms with Crippen LogP contribution in [0.15, 0.2) is 47.1 Å². The fourth-order valence-corrected chi connectivity index (χ4v) is 5.56. The van der Waals surface area contributed by atoms with Crippen molar-refractivity contribution in [3.8, 4) is 11.5 Å². The van der Waals surface area contributed by atoms with Crippen LogP contribution >= 0.6 is 0 Å². The molecule has 2 saturated heterocycles. The van der Waals surface area contributed by atoms with Crippen molar-refractivity contribution >= 4 is 29.1 Å². The van der Waals surface area contributed by atoms with Crippen LogP contribution in [0.4, 0.5) is 17.3 Å². The Labute approximate surface area is 214 Å². The zero-order valence-corrected chi connectivity index (χ0v) is 20.9. The van der Waals surface area contributed by atoms with E-state index >= 15 is 0 Å². The fraction of sp³-hybridized carbons (Fsp3) is 0.370. The molecule has 0 bridgehead atoms. The third kappa shape index (κ3) is 4.07. The fourth-order valence-electron chi connectivity index (χ4n) is 5.56. The number of aromatic nitrogens is 1. The molecule has 10 heteroatoms. The molecule has 0 atom stereocenters. The number of nitrogens with one attached hydrogen (secondary N) is 2. The van der Waals surface area contributed by atoms with Crippen LogP contribution in [-0.4, -0.2) is 57.2 Å². The van der Waals surface area contributed by atoms with Gasteiger partial charge < -0.3 is 29.4 Å². The van der Waals surface area contributed by atoms with E-state index in [9.17, 15) is 9.59 Å². The molecule has 0 unspecified atom stereocenters. The van der Waals surface area contributed by atoms with Gasteiger partial charge in [0.1, 0.15) is 0 Å². The summed E-state index contributed by atoms with van der Waals surface area (Å²) in [7, 11) is 3.08. The van der Waals surface area contributed by atoms with E-state index in [4.69, 9.17) is 13.9 Å². The number of hydrogen-bond acceptors (Lipinski definition) is 8. The molecule has 5 heterocycles. The average Bonchev–Trinajstić information content (AvgIpc) is 3.52. The second kappa shape index (κ2) is 9.11. The van der Waals surface area contributed by atoms with Crippen molar-refractivity contribution in [2.45, 2.75) is 19.4 Å². The second-order valence-electron chi connectivity index (χ2n) is 9.85. The zero-order valence-electron chi connectivity index (χ0n) is 20.9. The number of carbonyl (C=O) groups excluding carboxylic acids is 2.